The predicted molar refractivity (Wildman–Crippen MR) is 106 cm³/mol. The maximum absolute atomic E-state index is 4.92. The molecule has 0 saturated carbocycles. The van der Waals surface area contributed by atoms with Crippen LogP contribution in [0.15, 0.2) is 50.8 Å². The van der Waals surface area contributed by atoms with Crippen molar-refractivity contribution in [3.8, 4) is 11.4 Å². The third-order valence-electron chi connectivity index (χ3n) is 4.34. The van der Waals surface area contributed by atoms with Gasteiger partial charge in [-0.1, -0.05) is 30.8 Å². The Morgan fingerprint density at radius 1 is 1.11 bits per heavy atom. The van der Waals surface area contributed by atoms with Crippen molar-refractivity contribution in [2.75, 3.05) is 17.6 Å². The average Bonchev–Trinajstić information content (AvgIpc) is 3.09. The minimum atomic E-state index is 0.508. The van der Waals surface area contributed by atoms with Gasteiger partial charge in [0, 0.05) is 42.4 Å². The minimum absolute atomic E-state index is 0.508. The molecule has 0 fully saturated rings. The van der Waals surface area contributed by atoms with Crippen molar-refractivity contribution < 1.29 is 9.15 Å². The van der Waals surface area contributed by atoms with Crippen molar-refractivity contribution in [3.05, 3.63) is 42.1 Å². The fourth-order valence-electron chi connectivity index (χ4n) is 2.82. The molecule has 0 unspecified atom stereocenters. The van der Waals surface area contributed by atoms with Gasteiger partial charge in [-0.05, 0) is 31.0 Å². The molecule has 3 aromatic heterocycles. The number of anilines is 1. The Morgan fingerprint density at radius 2 is 1.96 bits per heavy atom. The molecule has 0 aliphatic rings. The lowest BCUT2D eigenvalue weighted by atomic mass is 10.1. The molecule has 0 atom stereocenters. The number of nitrogens with zero attached hydrogens (tertiary/aromatic N) is 4. The van der Waals surface area contributed by atoms with Crippen LogP contribution in [-0.4, -0.2) is 32.0 Å². The number of pyridine rings is 1. The van der Waals surface area contributed by atoms with E-state index in [9.17, 15) is 0 Å². The number of nitrogens with one attached hydrogen (secondary N) is 1. The lowest BCUT2D eigenvalue weighted by Gasteiger charge is -2.09. The van der Waals surface area contributed by atoms with Crippen LogP contribution in [0.4, 0.5) is 5.69 Å². The van der Waals surface area contributed by atoms with E-state index in [-0.39, 0.29) is 0 Å². The lowest BCUT2D eigenvalue weighted by Crippen LogP contribution is -2.06. The molecule has 4 aromatic rings. The summed E-state index contributed by atoms with van der Waals surface area (Å²) >= 11 is 1.69. The number of benzene rings is 1. The summed E-state index contributed by atoms with van der Waals surface area (Å²) in [5.74, 6) is 1.68. The summed E-state index contributed by atoms with van der Waals surface area (Å²) in [5.41, 5.74) is 4.49. The Morgan fingerprint density at radius 3 is 2.63 bits per heavy atom. The van der Waals surface area contributed by atoms with Gasteiger partial charge in [0.05, 0.1) is 0 Å². The normalized spacial score (nSPS) is 11.3. The monoisotopic (exact) mass is 383 g/mol. The highest BCUT2D eigenvalue weighted by Crippen LogP contribution is 2.26. The molecule has 7 nitrogen and oxygen atoms in total. The molecule has 3 heterocycles. The maximum Gasteiger partial charge on any atom is 0.317 e. The molecular weight excluding hydrogens is 362 g/mol. The van der Waals surface area contributed by atoms with E-state index >= 15 is 0 Å². The summed E-state index contributed by atoms with van der Waals surface area (Å²) in [6, 6.07) is 10.4. The Kier molecular flexibility index (Phi) is 5.15. The van der Waals surface area contributed by atoms with Crippen LogP contribution < -0.4 is 5.32 Å². The van der Waals surface area contributed by atoms with Crippen molar-refractivity contribution in [3.63, 3.8) is 0 Å². The number of hydrogen-bond acceptors (Lipinski definition) is 7. The van der Waals surface area contributed by atoms with Gasteiger partial charge in [-0.15, -0.1) is 10.2 Å². The molecule has 0 amide bonds. The molecule has 140 valence electrons. The molecule has 1 aromatic carbocycles. The van der Waals surface area contributed by atoms with Crippen LogP contribution in [0.1, 0.15) is 19.4 Å². The van der Waals surface area contributed by atoms with Crippen LogP contribution in [0, 0.1) is 0 Å². The zero-order chi connectivity index (χ0) is 18.6. The molecule has 8 heteroatoms. The van der Waals surface area contributed by atoms with Gasteiger partial charge in [-0.25, -0.2) is 4.98 Å². The third-order valence-corrected chi connectivity index (χ3v) is 5.31. The van der Waals surface area contributed by atoms with Crippen molar-refractivity contribution in [1.29, 1.82) is 0 Å². The summed E-state index contributed by atoms with van der Waals surface area (Å²) in [5, 5.41) is 13.0. The van der Waals surface area contributed by atoms with E-state index in [1.165, 1.54) is 5.56 Å². The maximum atomic E-state index is 4.92. The topological polar surface area (TPSA) is 81.9 Å². The molecule has 0 spiro atoms. The van der Waals surface area contributed by atoms with E-state index in [1.54, 1.807) is 18.0 Å². The molecule has 4 rings (SSSR count). The number of hydrogen-bond donors (Lipinski definition) is 1. The van der Waals surface area contributed by atoms with Gasteiger partial charge in [0.15, 0.2) is 11.0 Å². The highest BCUT2D eigenvalue weighted by Gasteiger charge is 2.16. The van der Waals surface area contributed by atoms with Crippen molar-refractivity contribution in [1.82, 2.24) is 19.7 Å². The van der Waals surface area contributed by atoms with E-state index in [0.29, 0.717) is 11.3 Å². The fourth-order valence-corrected chi connectivity index (χ4v) is 3.67. The van der Waals surface area contributed by atoms with Gasteiger partial charge in [-0.3, -0.25) is 9.15 Å². The number of rotatable bonds is 8. The zero-order valence-corrected chi connectivity index (χ0v) is 16.1. The van der Waals surface area contributed by atoms with E-state index < -0.39 is 0 Å². The van der Waals surface area contributed by atoms with E-state index in [4.69, 9.17) is 9.15 Å². The molecule has 27 heavy (non-hydrogen) atoms. The summed E-state index contributed by atoms with van der Waals surface area (Å²) in [6.07, 6.45) is 2.79. The second kappa shape index (κ2) is 7.87. The highest BCUT2D eigenvalue weighted by molar-refractivity contribution is 7.99. The second-order valence-corrected chi connectivity index (χ2v) is 7.13. The van der Waals surface area contributed by atoms with Crippen LogP contribution in [0.3, 0.4) is 0 Å². The predicted octanol–water partition coefficient (Wildman–Crippen LogP) is 4.47. The van der Waals surface area contributed by atoms with Gasteiger partial charge < -0.3 is 9.88 Å². The first-order chi connectivity index (χ1) is 13.3. The molecule has 0 bridgehead atoms. The first-order valence-electron chi connectivity index (χ1n) is 9.02. The minimum Gasteiger partial charge on any atom is -0.384 e. The molecular formula is C19H21N5O2S. The van der Waals surface area contributed by atoms with Crippen LogP contribution in [0.25, 0.3) is 22.7 Å². The van der Waals surface area contributed by atoms with E-state index in [2.05, 4.69) is 63.2 Å². The molecule has 0 radical (unpaired) electrons. The van der Waals surface area contributed by atoms with Crippen LogP contribution >= 0.6 is 11.8 Å². The summed E-state index contributed by atoms with van der Waals surface area (Å²) in [6.45, 7) is 5.88. The average molecular weight is 383 g/mol. The first-order valence-corrected chi connectivity index (χ1v) is 10.0. The zero-order valence-electron chi connectivity index (χ0n) is 15.3. The van der Waals surface area contributed by atoms with Crippen molar-refractivity contribution in [2.24, 2.45) is 0 Å². The van der Waals surface area contributed by atoms with Gasteiger partial charge in [0.1, 0.15) is 0 Å². The second-order valence-electron chi connectivity index (χ2n) is 6.07. The van der Waals surface area contributed by atoms with Crippen LogP contribution in [-0.2, 0) is 13.0 Å². The molecule has 0 aliphatic carbocycles. The number of aromatic nitrogens is 4. The largest absolute Gasteiger partial charge is 0.384 e. The van der Waals surface area contributed by atoms with Crippen LogP contribution in [0.2, 0.25) is 0 Å². The summed E-state index contributed by atoms with van der Waals surface area (Å²) in [7, 11) is 0. The molecule has 0 aliphatic heterocycles. The van der Waals surface area contributed by atoms with Gasteiger partial charge in [-0.2, -0.15) is 0 Å². The Balaban J connectivity index is 1.38. The van der Waals surface area contributed by atoms with Gasteiger partial charge >= 0.3 is 5.71 Å². The third kappa shape index (κ3) is 3.71. The summed E-state index contributed by atoms with van der Waals surface area (Å²) in [4.78, 5) is 4.20. The van der Waals surface area contributed by atoms with Crippen molar-refractivity contribution in [2.45, 2.75) is 32.0 Å². The van der Waals surface area contributed by atoms with Gasteiger partial charge in [0.2, 0.25) is 5.58 Å². The number of fused-ring (bicyclic) bond motifs is 1. The number of aryl methyl sites for hydroxylation is 1. The van der Waals surface area contributed by atoms with Crippen molar-refractivity contribution >= 4 is 28.7 Å². The highest BCUT2D eigenvalue weighted by atomic mass is 32.2. The first kappa shape index (κ1) is 17.7. The fraction of sp³-hybridized carbons (Fsp3) is 0.316. The van der Waals surface area contributed by atoms with E-state index in [0.717, 1.165) is 47.5 Å². The Hall–Kier alpha value is -2.74. The smallest absolute Gasteiger partial charge is 0.317 e. The number of thioether (sulfide) groups is 1. The Labute approximate surface area is 161 Å². The van der Waals surface area contributed by atoms with Crippen LogP contribution in [0.5, 0.6) is 0 Å². The Bertz CT molecular complexity index is 1020. The van der Waals surface area contributed by atoms with E-state index in [1.807, 2.05) is 6.07 Å². The molecule has 0 saturated heterocycles. The van der Waals surface area contributed by atoms with Gasteiger partial charge in [0.25, 0.3) is 0 Å². The lowest BCUT2D eigenvalue weighted by molar-refractivity contribution is 0.0549. The quantitative estimate of drug-likeness (QED) is 0.273. The molecule has 1 N–H and O–H groups in total. The SMILES string of the molecule is CCc1ccc(NCCSc2nnc(-c3cnc4ooc4c3)n2CC)cc1. The summed E-state index contributed by atoms with van der Waals surface area (Å²) < 4.78 is 11.8. The standard InChI is InChI=1S/C19H21N5O2S/c1-3-13-5-7-15(8-6-13)20-9-10-27-19-23-22-17(24(19)4-2)14-11-16-18(21-12-14)26-25-16/h5-8,11-12,20H,3-4,9-10H2,1-2H3.